The van der Waals surface area contributed by atoms with Gasteiger partial charge in [0, 0.05) is 26.2 Å². The number of carbonyl (C=O) groups excluding carboxylic acids is 1. The second kappa shape index (κ2) is 8.36. The summed E-state index contributed by atoms with van der Waals surface area (Å²) < 4.78 is 26.7. The Hall–Kier alpha value is -2.34. The Morgan fingerprint density at radius 3 is 2.58 bits per heavy atom. The van der Waals surface area contributed by atoms with Crippen molar-refractivity contribution in [2.75, 3.05) is 26.7 Å². The van der Waals surface area contributed by atoms with Gasteiger partial charge in [0.15, 0.2) is 11.5 Å². The minimum absolute atomic E-state index is 0.324. The predicted octanol–water partition coefficient (Wildman–Crippen LogP) is 3.34. The normalized spacial score (nSPS) is 15.8. The van der Waals surface area contributed by atoms with Gasteiger partial charge in [-0.25, -0.2) is 13.8 Å². The monoisotopic (exact) mass is 359 g/mol. The van der Waals surface area contributed by atoms with Crippen molar-refractivity contribution >= 4 is 5.91 Å². The van der Waals surface area contributed by atoms with Crippen molar-refractivity contribution in [2.45, 2.75) is 19.4 Å². The van der Waals surface area contributed by atoms with Gasteiger partial charge in [-0.1, -0.05) is 30.3 Å². The SMILES string of the molecule is CN(CC1CCN(Cc2ccccc2)CC1)C(=O)c1ncc(F)cc1F. The minimum Gasteiger partial charge on any atom is -0.340 e. The van der Waals surface area contributed by atoms with Crippen LogP contribution in [0.15, 0.2) is 42.6 Å². The average molecular weight is 359 g/mol. The fourth-order valence-electron chi connectivity index (χ4n) is 3.39. The fraction of sp³-hybridized carbons (Fsp3) is 0.400. The zero-order valence-electron chi connectivity index (χ0n) is 14.9. The Labute approximate surface area is 152 Å². The van der Waals surface area contributed by atoms with Crippen molar-refractivity contribution in [3.8, 4) is 0 Å². The molecule has 138 valence electrons. The topological polar surface area (TPSA) is 36.4 Å². The van der Waals surface area contributed by atoms with Gasteiger partial charge < -0.3 is 4.90 Å². The van der Waals surface area contributed by atoms with Gasteiger partial charge in [0.05, 0.1) is 6.20 Å². The summed E-state index contributed by atoms with van der Waals surface area (Å²) in [5.74, 6) is -1.83. The molecule has 0 N–H and O–H groups in total. The number of piperidine rings is 1. The maximum atomic E-state index is 13.7. The molecule has 0 atom stereocenters. The number of pyridine rings is 1. The summed E-state index contributed by atoms with van der Waals surface area (Å²) in [5, 5.41) is 0. The molecule has 6 heteroatoms. The molecule has 0 aliphatic carbocycles. The van der Waals surface area contributed by atoms with Crippen LogP contribution in [0.1, 0.15) is 28.9 Å². The van der Waals surface area contributed by atoms with Crippen LogP contribution in [0.5, 0.6) is 0 Å². The second-order valence-electron chi connectivity index (χ2n) is 6.87. The van der Waals surface area contributed by atoms with E-state index in [0.29, 0.717) is 18.5 Å². The van der Waals surface area contributed by atoms with Gasteiger partial charge in [0.2, 0.25) is 0 Å². The number of hydrogen-bond acceptors (Lipinski definition) is 3. The van der Waals surface area contributed by atoms with E-state index in [1.54, 1.807) is 7.05 Å². The lowest BCUT2D eigenvalue weighted by atomic mass is 9.96. The molecule has 1 aliphatic rings. The van der Waals surface area contributed by atoms with E-state index in [1.807, 2.05) is 18.2 Å². The van der Waals surface area contributed by atoms with Gasteiger partial charge >= 0.3 is 0 Å². The average Bonchev–Trinajstić information content (AvgIpc) is 2.64. The van der Waals surface area contributed by atoms with E-state index < -0.39 is 17.5 Å². The van der Waals surface area contributed by atoms with Crippen molar-refractivity contribution in [2.24, 2.45) is 5.92 Å². The van der Waals surface area contributed by atoms with Crippen LogP contribution < -0.4 is 0 Å². The van der Waals surface area contributed by atoms with Crippen LogP contribution >= 0.6 is 0 Å². The number of likely N-dealkylation sites (tertiary alicyclic amines) is 1. The molecule has 1 amide bonds. The molecule has 1 aromatic heterocycles. The van der Waals surface area contributed by atoms with Crippen LogP contribution in [0.25, 0.3) is 0 Å². The van der Waals surface area contributed by atoms with Crippen molar-refractivity contribution in [1.82, 2.24) is 14.8 Å². The fourth-order valence-corrected chi connectivity index (χ4v) is 3.39. The minimum atomic E-state index is -0.917. The standard InChI is InChI=1S/C20H23F2N3O/c1-24(20(26)19-18(22)11-17(21)12-23-19)13-16-7-9-25(10-8-16)14-15-5-3-2-4-6-15/h2-6,11-12,16H,7-10,13-14H2,1H3. The maximum Gasteiger partial charge on any atom is 0.275 e. The summed E-state index contributed by atoms with van der Waals surface area (Å²) in [6.45, 7) is 3.44. The molecule has 0 bridgehead atoms. The molecule has 0 spiro atoms. The zero-order valence-corrected chi connectivity index (χ0v) is 14.9. The van der Waals surface area contributed by atoms with E-state index in [9.17, 15) is 13.6 Å². The third-order valence-corrected chi connectivity index (χ3v) is 4.85. The van der Waals surface area contributed by atoms with E-state index in [4.69, 9.17) is 0 Å². The molecular weight excluding hydrogens is 336 g/mol. The number of benzene rings is 1. The van der Waals surface area contributed by atoms with Crippen molar-refractivity contribution in [1.29, 1.82) is 0 Å². The Bertz CT molecular complexity index is 746. The Kier molecular flexibility index (Phi) is 5.93. The molecule has 1 fully saturated rings. The highest BCUT2D eigenvalue weighted by atomic mass is 19.1. The molecule has 1 saturated heterocycles. The van der Waals surface area contributed by atoms with Crippen LogP contribution in [-0.4, -0.2) is 47.4 Å². The molecule has 2 heterocycles. The maximum absolute atomic E-state index is 13.7. The lowest BCUT2D eigenvalue weighted by Gasteiger charge is -2.33. The number of carbonyl (C=O) groups is 1. The van der Waals surface area contributed by atoms with Gasteiger partial charge in [-0.2, -0.15) is 0 Å². The van der Waals surface area contributed by atoms with Gasteiger partial charge in [0.1, 0.15) is 5.82 Å². The number of rotatable bonds is 5. The van der Waals surface area contributed by atoms with Crippen LogP contribution in [0.3, 0.4) is 0 Å². The highest BCUT2D eigenvalue weighted by molar-refractivity contribution is 5.92. The van der Waals surface area contributed by atoms with Gasteiger partial charge in [-0.3, -0.25) is 9.69 Å². The largest absolute Gasteiger partial charge is 0.340 e. The van der Waals surface area contributed by atoms with Crippen molar-refractivity contribution in [3.63, 3.8) is 0 Å². The summed E-state index contributed by atoms with van der Waals surface area (Å²) in [4.78, 5) is 19.8. The van der Waals surface area contributed by atoms with E-state index in [1.165, 1.54) is 10.5 Å². The van der Waals surface area contributed by atoms with Crippen molar-refractivity contribution in [3.05, 3.63) is 65.5 Å². The van der Waals surface area contributed by atoms with Crippen molar-refractivity contribution < 1.29 is 13.6 Å². The van der Waals surface area contributed by atoms with E-state index >= 15 is 0 Å². The summed E-state index contributed by atoms with van der Waals surface area (Å²) in [6, 6.07) is 11.1. The summed E-state index contributed by atoms with van der Waals surface area (Å²) in [6.07, 6.45) is 2.85. The molecule has 26 heavy (non-hydrogen) atoms. The first-order chi connectivity index (χ1) is 12.5. The highest BCUT2D eigenvalue weighted by Gasteiger charge is 2.24. The predicted molar refractivity (Wildman–Crippen MR) is 95.6 cm³/mol. The smallest absolute Gasteiger partial charge is 0.275 e. The third-order valence-electron chi connectivity index (χ3n) is 4.85. The first-order valence-electron chi connectivity index (χ1n) is 8.85. The Balaban J connectivity index is 1.50. The quantitative estimate of drug-likeness (QED) is 0.822. The van der Waals surface area contributed by atoms with E-state index in [0.717, 1.165) is 38.7 Å². The van der Waals surface area contributed by atoms with Crippen LogP contribution in [-0.2, 0) is 6.54 Å². The molecule has 1 aliphatic heterocycles. The zero-order chi connectivity index (χ0) is 18.5. The third kappa shape index (κ3) is 4.64. The second-order valence-corrected chi connectivity index (χ2v) is 6.87. The first kappa shape index (κ1) is 18.5. The molecule has 0 saturated carbocycles. The van der Waals surface area contributed by atoms with Gasteiger partial charge in [-0.05, 0) is 37.4 Å². The summed E-state index contributed by atoms with van der Waals surface area (Å²) >= 11 is 0. The first-order valence-corrected chi connectivity index (χ1v) is 8.85. The van der Waals surface area contributed by atoms with Gasteiger partial charge in [-0.15, -0.1) is 0 Å². The van der Waals surface area contributed by atoms with Crippen LogP contribution in [0.4, 0.5) is 8.78 Å². The van der Waals surface area contributed by atoms with Gasteiger partial charge in [0.25, 0.3) is 5.91 Å². The summed E-state index contributed by atoms with van der Waals surface area (Å²) in [7, 11) is 1.64. The summed E-state index contributed by atoms with van der Waals surface area (Å²) in [5.41, 5.74) is 0.978. The number of aromatic nitrogens is 1. The Morgan fingerprint density at radius 2 is 1.92 bits per heavy atom. The molecule has 4 nitrogen and oxygen atoms in total. The molecule has 3 rings (SSSR count). The number of halogens is 2. The van der Waals surface area contributed by atoms with Crippen LogP contribution in [0.2, 0.25) is 0 Å². The molecule has 2 aromatic rings. The molecular formula is C20H23F2N3O. The number of amides is 1. The molecule has 0 radical (unpaired) electrons. The van der Waals surface area contributed by atoms with E-state index in [2.05, 4.69) is 22.0 Å². The Morgan fingerprint density at radius 1 is 1.23 bits per heavy atom. The lowest BCUT2D eigenvalue weighted by Crippen LogP contribution is -2.39. The van der Waals surface area contributed by atoms with Crippen LogP contribution in [0, 0.1) is 17.6 Å². The highest BCUT2D eigenvalue weighted by Crippen LogP contribution is 2.20. The number of hydrogen-bond donors (Lipinski definition) is 0. The number of nitrogens with zero attached hydrogens (tertiary/aromatic N) is 3. The van der Waals surface area contributed by atoms with E-state index in [-0.39, 0.29) is 5.69 Å². The molecule has 1 aromatic carbocycles. The molecule has 0 unspecified atom stereocenters. The lowest BCUT2D eigenvalue weighted by molar-refractivity contribution is 0.0726.